The van der Waals surface area contributed by atoms with Gasteiger partial charge < -0.3 is 9.84 Å². The standard InChI is InChI=1S/C8H10FNO3/c1-12-8-5(4-13-10)2-3-6(11)7(8)9/h2-3,11H,4,10H2,1H3. The zero-order chi connectivity index (χ0) is 9.84. The lowest BCUT2D eigenvalue weighted by atomic mass is 10.2. The minimum Gasteiger partial charge on any atom is -0.505 e. The summed E-state index contributed by atoms with van der Waals surface area (Å²) in [6.45, 7) is 0.0281. The van der Waals surface area contributed by atoms with Crippen molar-refractivity contribution in [3.63, 3.8) is 0 Å². The number of benzene rings is 1. The zero-order valence-electron chi connectivity index (χ0n) is 7.08. The molecule has 0 aliphatic carbocycles. The summed E-state index contributed by atoms with van der Waals surface area (Å²) in [5.41, 5.74) is 0.445. The summed E-state index contributed by atoms with van der Waals surface area (Å²) >= 11 is 0. The lowest BCUT2D eigenvalue weighted by Crippen LogP contribution is -2.02. The predicted molar refractivity (Wildman–Crippen MR) is 43.6 cm³/mol. The molecule has 13 heavy (non-hydrogen) atoms. The Morgan fingerprint density at radius 1 is 1.54 bits per heavy atom. The van der Waals surface area contributed by atoms with Crippen LogP contribution in [-0.2, 0) is 11.4 Å². The molecule has 0 heterocycles. The Morgan fingerprint density at radius 3 is 2.77 bits per heavy atom. The minimum atomic E-state index is -0.808. The highest BCUT2D eigenvalue weighted by molar-refractivity contribution is 5.41. The molecule has 1 aromatic carbocycles. The SMILES string of the molecule is COc1c(CON)ccc(O)c1F. The predicted octanol–water partition coefficient (Wildman–Crippen LogP) is 0.930. The van der Waals surface area contributed by atoms with Gasteiger partial charge in [-0.25, -0.2) is 5.90 Å². The van der Waals surface area contributed by atoms with Crippen LogP contribution >= 0.6 is 0 Å². The van der Waals surface area contributed by atoms with Crippen LogP contribution in [0, 0.1) is 5.82 Å². The highest BCUT2D eigenvalue weighted by atomic mass is 19.1. The van der Waals surface area contributed by atoms with E-state index >= 15 is 0 Å². The lowest BCUT2D eigenvalue weighted by Gasteiger charge is -2.08. The molecule has 0 bridgehead atoms. The molecular weight excluding hydrogens is 177 g/mol. The molecule has 4 nitrogen and oxygen atoms in total. The third-order valence-corrected chi connectivity index (χ3v) is 1.60. The number of ether oxygens (including phenoxy) is 1. The number of phenols is 1. The van der Waals surface area contributed by atoms with Crippen molar-refractivity contribution >= 4 is 0 Å². The summed E-state index contributed by atoms with van der Waals surface area (Å²) in [6.07, 6.45) is 0. The minimum absolute atomic E-state index is 0.0281. The van der Waals surface area contributed by atoms with Crippen molar-refractivity contribution in [1.29, 1.82) is 0 Å². The van der Waals surface area contributed by atoms with Crippen molar-refractivity contribution in [2.24, 2.45) is 5.90 Å². The monoisotopic (exact) mass is 187 g/mol. The molecule has 0 saturated carbocycles. The highest BCUT2D eigenvalue weighted by Crippen LogP contribution is 2.29. The van der Waals surface area contributed by atoms with Crippen molar-refractivity contribution in [3.8, 4) is 11.5 Å². The van der Waals surface area contributed by atoms with E-state index in [1.165, 1.54) is 19.2 Å². The normalized spacial score (nSPS) is 10.1. The first-order valence-corrected chi connectivity index (χ1v) is 3.56. The number of aromatic hydroxyl groups is 1. The molecular formula is C8H10FNO3. The van der Waals surface area contributed by atoms with Crippen molar-refractivity contribution in [2.75, 3.05) is 7.11 Å². The van der Waals surface area contributed by atoms with E-state index in [1.54, 1.807) is 0 Å². The second-order valence-electron chi connectivity index (χ2n) is 2.40. The lowest BCUT2D eigenvalue weighted by molar-refractivity contribution is 0.121. The van der Waals surface area contributed by atoms with Gasteiger partial charge in [0.2, 0.25) is 5.82 Å². The van der Waals surface area contributed by atoms with Gasteiger partial charge in [-0.3, -0.25) is 4.84 Å². The number of phenolic OH excluding ortho intramolecular Hbond substituents is 1. The molecule has 0 radical (unpaired) electrons. The summed E-state index contributed by atoms with van der Waals surface area (Å²) in [5, 5.41) is 9.00. The average molecular weight is 187 g/mol. The van der Waals surface area contributed by atoms with Gasteiger partial charge in [-0.1, -0.05) is 0 Å². The Morgan fingerprint density at radius 2 is 2.23 bits per heavy atom. The van der Waals surface area contributed by atoms with Gasteiger partial charge in [-0.15, -0.1) is 0 Å². The van der Waals surface area contributed by atoms with Gasteiger partial charge in [0.25, 0.3) is 0 Å². The van der Waals surface area contributed by atoms with Crippen molar-refractivity contribution in [1.82, 2.24) is 0 Å². The van der Waals surface area contributed by atoms with Crippen LogP contribution < -0.4 is 10.6 Å². The van der Waals surface area contributed by atoms with Crippen LogP contribution in [0.15, 0.2) is 12.1 Å². The molecule has 0 atom stereocenters. The Bertz CT molecular complexity index is 304. The van der Waals surface area contributed by atoms with Crippen LogP contribution in [0.5, 0.6) is 11.5 Å². The summed E-state index contributed by atoms with van der Waals surface area (Å²) in [5.74, 6) is 3.51. The fraction of sp³-hybridized carbons (Fsp3) is 0.250. The second kappa shape index (κ2) is 4.06. The first kappa shape index (κ1) is 9.76. The van der Waals surface area contributed by atoms with Crippen LogP contribution in [0.2, 0.25) is 0 Å². The summed E-state index contributed by atoms with van der Waals surface area (Å²) in [7, 11) is 1.30. The van der Waals surface area contributed by atoms with E-state index in [0.717, 1.165) is 0 Å². The van der Waals surface area contributed by atoms with Gasteiger partial charge in [0.05, 0.1) is 13.7 Å². The molecule has 72 valence electrons. The van der Waals surface area contributed by atoms with Gasteiger partial charge >= 0.3 is 0 Å². The zero-order valence-corrected chi connectivity index (χ0v) is 7.08. The van der Waals surface area contributed by atoms with Crippen LogP contribution in [0.4, 0.5) is 4.39 Å². The van der Waals surface area contributed by atoms with E-state index in [9.17, 15) is 4.39 Å². The molecule has 0 saturated heterocycles. The van der Waals surface area contributed by atoms with Crippen LogP contribution in [-0.4, -0.2) is 12.2 Å². The Hall–Kier alpha value is -1.33. The molecule has 1 aromatic rings. The average Bonchev–Trinajstić information content (AvgIpc) is 2.12. The molecule has 0 aliphatic rings. The number of hydrogen-bond acceptors (Lipinski definition) is 4. The van der Waals surface area contributed by atoms with Gasteiger partial charge in [-0.05, 0) is 12.1 Å². The first-order chi connectivity index (χ1) is 6.20. The Balaban J connectivity index is 3.13. The Kier molecular flexibility index (Phi) is 3.05. The van der Waals surface area contributed by atoms with Gasteiger partial charge in [0.15, 0.2) is 11.5 Å². The van der Waals surface area contributed by atoms with Gasteiger partial charge in [-0.2, -0.15) is 4.39 Å². The molecule has 5 heteroatoms. The molecule has 0 fully saturated rings. The second-order valence-corrected chi connectivity index (χ2v) is 2.40. The third kappa shape index (κ3) is 1.88. The van der Waals surface area contributed by atoms with Gasteiger partial charge in [0, 0.05) is 5.56 Å². The number of halogens is 1. The molecule has 0 aromatic heterocycles. The maximum atomic E-state index is 13.1. The highest BCUT2D eigenvalue weighted by Gasteiger charge is 2.12. The van der Waals surface area contributed by atoms with Crippen LogP contribution in [0.1, 0.15) is 5.56 Å². The summed E-state index contributed by atoms with van der Waals surface area (Å²) in [6, 6.07) is 2.69. The maximum absolute atomic E-state index is 13.1. The van der Waals surface area contributed by atoms with Crippen molar-refractivity contribution < 1.29 is 19.1 Å². The topological polar surface area (TPSA) is 64.7 Å². The molecule has 0 amide bonds. The molecule has 3 N–H and O–H groups in total. The smallest absolute Gasteiger partial charge is 0.206 e. The van der Waals surface area contributed by atoms with E-state index in [0.29, 0.717) is 5.56 Å². The maximum Gasteiger partial charge on any atom is 0.206 e. The molecule has 0 spiro atoms. The van der Waals surface area contributed by atoms with Gasteiger partial charge in [0.1, 0.15) is 0 Å². The summed E-state index contributed by atoms with van der Waals surface area (Å²) < 4.78 is 17.9. The third-order valence-electron chi connectivity index (χ3n) is 1.60. The number of rotatable bonds is 3. The van der Waals surface area contributed by atoms with Crippen LogP contribution in [0.25, 0.3) is 0 Å². The first-order valence-electron chi connectivity index (χ1n) is 3.56. The number of hydrogen-bond donors (Lipinski definition) is 2. The van der Waals surface area contributed by atoms with E-state index in [4.69, 9.17) is 15.7 Å². The number of nitrogens with two attached hydrogens (primary N) is 1. The van der Waals surface area contributed by atoms with E-state index in [2.05, 4.69) is 4.84 Å². The quantitative estimate of drug-likeness (QED) is 0.691. The molecule has 0 unspecified atom stereocenters. The largest absolute Gasteiger partial charge is 0.505 e. The fourth-order valence-electron chi connectivity index (χ4n) is 1.01. The summed E-state index contributed by atoms with van der Waals surface area (Å²) in [4.78, 5) is 4.34. The molecule has 1 rings (SSSR count). The Labute approximate surface area is 74.6 Å². The van der Waals surface area contributed by atoms with E-state index in [-0.39, 0.29) is 12.4 Å². The van der Waals surface area contributed by atoms with Crippen LogP contribution in [0.3, 0.4) is 0 Å². The number of methoxy groups -OCH3 is 1. The van der Waals surface area contributed by atoms with E-state index in [1.807, 2.05) is 0 Å². The van der Waals surface area contributed by atoms with Crippen molar-refractivity contribution in [3.05, 3.63) is 23.5 Å². The van der Waals surface area contributed by atoms with Crippen molar-refractivity contribution in [2.45, 2.75) is 6.61 Å². The van der Waals surface area contributed by atoms with E-state index < -0.39 is 11.6 Å². The fourth-order valence-corrected chi connectivity index (χ4v) is 1.01. The molecule has 0 aliphatic heterocycles.